The van der Waals surface area contributed by atoms with Crippen molar-refractivity contribution >= 4 is 17.6 Å². The summed E-state index contributed by atoms with van der Waals surface area (Å²) in [5.74, 6) is -0.802. The van der Waals surface area contributed by atoms with Crippen molar-refractivity contribution in [2.75, 3.05) is 19.4 Å². The van der Waals surface area contributed by atoms with Crippen molar-refractivity contribution in [2.24, 2.45) is 0 Å². The van der Waals surface area contributed by atoms with E-state index in [9.17, 15) is 9.59 Å². The second-order valence-corrected chi connectivity index (χ2v) is 3.78. The highest BCUT2D eigenvalue weighted by Gasteiger charge is 2.10. The van der Waals surface area contributed by atoms with E-state index in [1.54, 1.807) is 12.1 Å². The van der Waals surface area contributed by atoms with E-state index in [0.29, 0.717) is 11.3 Å². The highest BCUT2D eigenvalue weighted by atomic mass is 16.5. The number of hydrogen-bond acceptors (Lipinski definition) is 4. The molecule has 0 unspecified atom stereocenters. The van der Waals surface area contributed by atoms with Gasteiger partial charge in [-0.1, -0.05) is 0 Å². The molecule has 3 N–H and O–H groups in total. The van der Waals surface area contributed by atoms with Gasteiger partial charge in [0.1, 0.15) is 6.54 Å². The fraction of sp³-hybridized carbons (Fsp3) is 0.333. The number of carbonyl (C=O) groups is 2. The molecule has 0 aliphatic carbocycles. The first kappa shape index (κ1) is 13.0. The maximum Gasteiger partial charge on any atom is 0.325 e. The lowest BCUT2D eigenvalue weighted by Gasteiger charge is -2.09. The number of hydrogen-bond donors (Lipinski definition) is 2. The fourth-order valence-electron chi connectivity index (χ4n) is 1.43. The van der Waals surface area contributed by atoms with Crippen molar-refractivity contribution in [1.82, 2.24) is 5.32 Å². The summed E-state index contributed by atoms with van der Waals surface area (Å²) >= 11 is 0. The number of methoxy groups -OCH3 is 1. The number of benzene rings is 1. The number of aryl methyl sites for hydroxylation is 2. The first-order valence-electron chi connectivity index (χ1n) is 5.17. The number of ether oxygens (including phenoxy) is 1. The first-order chi connectivity index (χ1) is 7.95. The maximum atomic E-state index is 11.7. The highest BCUT2D eigenvalue weighted by molar-refractivity contribution is 5.96. The van der Waals surface area contributed by atoms with Crippen LogP contribution in [-0.2, 0) is 9.53 Å². The third kappa shape index (κ3) is 3.21. The second kappa shape index (κ2) is 5.34. The van der Waals surface area contributed by atoms with Gasteiger partial charge in [0, 0.05) is 11.3 Å². The van der Waals surface area contributed by atoms with E-state index in [0.717, 1.165) is 11.1 Å². The molecule has 5 nitrogen and oxygen atoms in total. The van der Waals surface area contributed by atoms with Gasteiger partial charge in [-0.3, -0.25) is 9.59 Å². The summed E-state index contributed by atoms with van der Waals surface area (Å²) < 4.78 is 4.43. The van der Waals surface area contributed by atoms with Crippen LogP contribution < -0.4 is 11.1 Å². The van der Waals surface area contributed by atoms with Gasteiger partial charge in [-0.15, -0.1) is 0 Å². The molecule has 0 atom stereocenters. The molecule has 0 aliphatic rings. The minimum atomic E-state index is -0.484. The van der Waals surface area contributed by atoms with Crippen LogP contribution in [0.1, 0.15) is 21.5 Å². The molecular weight excluding hydrogens is 220 g/mol. The molecule has 0 heterocycles. The van der Waals surface area contributed by atoms with Crippen molar-refractivity contribution in [3.05, 3.63) is 28.8 Å². The average Bonchev–Trinajstić information content (AvgIpc) is 2.31. The number of amides is 1. The van der Waals surface area contributed by atoms with Gasteiger partial charge in [0.15, 0.2) is 0 Å². The van der Waals surface area contributed by atoms with Gasteiger partial charge < -0.3 is 15.8 Å². The second-order valence-electron chi connectivity index (χ2n) is 3.78. The van der Waals surface area contributed by atoms with Crippen molar-refractivity contribution in [1.29, 1.82) is 0 Å². The Labute approximate surface area is 99.9 Å². The molecule has 0 saturated heterocycles. The summed E-state index contributed by atoms with van der Waals surface area (Å²) in [7, 11) is 1.27. The molecule has 92 valence electrons. The van der Waals surface area contributed by atoms with Crippen molar-refractivity contribution in [2.45, 2.75) is 13.8 Å². The monoisotopic (exact) mass is 236 g/mol. The lowest BCUT2D eigenvalue weighted by Crippen LogP contribution is -2.30. The van der Waals surface area contributed by atoms with Crippen LogP contribution in [0.2, 0.25) is 0 Å². The predicted octanol–water partition coefficient (Wildman–Crippen LogP) is 0.788. The van der Waals surface area contributed by atoms with Crippen LogP contribution in [0.5, 0.6) is 0 Å². The van der Waals surface area contributed by atoms with E-state index in [-0.39, 0.29) is 12.5 Å². The topological polar surface area (TPSA) is 81.4 Å². The average molecular weight is 236 g/mol. The van der Waals surface area contributed by atoms with E-state index >= 15 is 0 Å². The number of rotatable bonds is 3. The van der Waals surface area contributed by atoms with E-state index in [1.807, 2.05) is 13.8 Å². The number of anilines is 1. The third-order valence-corrected chi connectivity index (χ3v) is 2.48. The van der Waals surface area contributed by atoms with Crippen molar-refractivity contribution in [3.8, 4) is 0 Å². The summed E-state index contributed by atoms with van der Waals surface area (Å²) in [6.45, 7) is 3.52. The van der Waals surface area contributed by atoms with Crippen LogP contribution in [-0.4, -0.2) is 25.5 Å². The summed E-state index contributed by atoms with van der Waals surface area (Å²) in [5, 5.41) is 2.47. The zero-order chi connectivity index (χ0) is 13.0. The molecule has 0 radical (unpaired) electrons. The molecule has 0 aromatic heterocycles. The van der Waals surface area contributed by atoms with Gasteiger partial charge >= 0.3 is 5.97 Å². The number of esters is 1. The molecule has 5 heteroatoms. The summed E-state index contributed by atoms with van der Waals surface area (Å²) in [4.78, 5) is 22.6. The molecular formula is C12H16N2O3. The van der Waals surface area contributed by atoms with Crippen LogP contribution >= 0.6 is 0 Å². The molecule has 0 aliphatic heterocycles. The quantitative estimate of drug-likeness (QED) is 0.600. The Bertz CT molecular complexity index is 432. The minimum absolute atomic E-state index is 0.141. The van der Waals surface area contributed by atoms with Crippen LogP contribution in [0.15, 0.2) is 12.1 Å². The standard InChI is InChI=1S/C12H16N2O3/c1-7-4-9(5-8(2)11(7)13)12(16)14-6-10(15)17-3/h4-5H,6,13H2,1-3H3,(H,14,16). The molecule has 17 heavy (non-hydrogen) atoms. The van der Waals surface area contributed by atoms with Gasteiger partial charge in [0.2, 0.25) is 0 Å². The van der Waals surface area contributed by atoms with Gasteiger partial charge in [-0.2, -0.15) is 0 Å². The van der Waals surface area contributed by atoms with Gasteiger partial charge in [0.25, 0.3) is 5.91 Å². The van der Waals surface area contributed by atoms with E-state index in [2.05, 4.69) is 10.1 Å². The highest BCUT2D eigenvalue weighted by Crippen LogP contribution is 2.18. The van der Waals surface area contributed by atoms with Crippen molar-refractivity contribution in [3.63, 3.8) is 0 Å². The Balaban J connectivity index is 2.80. The van der Waals surface area contributed by atoms with Gasteiger partial charge in [-0.05, 0) is 37.1 Å². The Morgan fingerprint density at radius 2 is 1.82 bits per heavy atom. The molecule has 0 fully saturated rings. The van der Waals surface area contributed by atoms with Crippen molar-refractivity contribution < 1.29 is 14.3 Å². The normalized spacial score (nSPS) is 9.82. The number of nitrogen functional groups attached to an aromatic ring is 1. The van der Waals surface area contributed by atoms with E-state index < -0.39 is 5.97 Å². The smallest absolute Gasteiger partial charge is 0.325 e. The van der Waals surface area contributed by atoms with Crippen LogP contribution in [0.4, 0.5) is 5.69 Å². The molecule has 0 saturated carbocycles. The SMILES string of the molecule is COC(=O)CNC(=O)c1cc(C)c(N)c(C)c1. The Morgan fingerprint density at radius 1 is 1.29 bits per heavy atom. The summed E-state index contributed by atoms with van der Waals surface area (Å²) in [6, 6.07) is 3.38. The molecule has 1 amide bonds. The Hall–Kier alpha value is -2.04. The summed E-state index contributed by atoms with van der Waals surface area (Å²) in [5.41, 5.74) is 8.63. The van der Waals surface area contributed by atoms with Gasteiger partial charge in [-0.25, -0.2) is 0 Å². The zero-order valence-corrected chi connectivity index (χ0v) is 10.2. The van der Waals surface area contributed by atoms with Crippen LogP contribution in [0, 0.1) is 13.8 Å². The molecule has 1 aromatic rings. The number of nitrogens with two attached hydrogens (primary N) is 1. The molecule has 0 spiro atoms. The first-order valence-corrected chi connectivity index (χ1v) is 5.17. The zero-order valence-electron chi connectivity index (χ0n) is 10.2. The van der Waals surface area contributed by atoms with E-state index in [4.69, 9.17) is 5.73 Å². The summed E-state index contributed by atoms with van der Waals surface area (Å²) in [6.07, 6.45) is 0. The largest absolute Gasteiger partial charge is 0.468 e. The maximum absolute atomic E-state index is 11.7. The Morgan fingerprint density at radius 3 is 2.29 bits per heavy atom. The molecule has 0 bridgehead atoms. The van der Waals surface area contributed by atoms with Gasteiger partial charge in [0.05, 0.1) is 7.11 Å². The molecule has 1 rings (SSSR count). The van der Waals surface area contributed by atoms with E-state index in [1.165, 1.54) is 7.11 Å². The third-order valence-electron chi connectivity index (χ3n) is 2.48. The minimum Gasteiger partial charge on any atom is -0.468 e. The lowest BCUT2D eigenvalue weighted by atomic mass is 10.0. The lowest BCUT2D eigenvalue weighted by molar-refractivity contribution is -0.139. The van der Waals surface area contributed by atoms with Crippen LogP contribution in [0.25, 0.3) is 0 Å². The predicted molar refractivity (Wildman–Crippen MR) is 64.7 cm³/mol. The number of nitrogens with one attached hydrogen (secondary N) is 1. The fourth-order valence-corrected chi connectivity index (χ4v) is 1.43. The van der Waals surface area contributed by atoms with Crippen LogP contribution in [0.3, 0.4) is 0 Å². The Kier molecular flexibility index (Phi) is 4.09. The molecule has 1 aromatic carbocycles. The number of carbonyl (C=O) groups excluding carboxylic acids is 2.